The summed E-state index contributed by atoms with van der Waals surface area (Å²) < 4.78 is 1.97. The number of nitrogens with one attached hydrogen (secondary N) is 1. The highest BCUT2D eigenvalue weighted by atomic mass is 16.3. The number of hydrogen-bond acceptors (Lipinski definition) is 6. The first-order valence-electron chi connectivity index (χ1n) is 11.9. The molecule has 1 atom stereocenters. The van der Waals surface area contributed by atoms with Crippen LogP contribution >= 0.6 is 0 Å². The molecule has 170 valence electrons. The summed E-state index contributed by atoms with van der Waals surface area (Å²) in [5, 5.41) is 24.0. The Morgan fingerprint density at radius 3 is 2.59 bits per heavy atom. The fourth-order valence-electron chi connectivity index (χ4n) is 5.35. The number of aromatic nitrogens is 5. The summed E-state index contributed by atoms with van der Waals surface area (Å²) in [7, 11) is 0. The minimum absolute atomic E-state index is 0.0967. The van der Waals surface area contributed by atoms with Gasteiger partial charge in [-0.05, 0) is 72.5 Å². The highest BCUT2D eigenvalue weighted by Crippen LogP contribution is 2.34. The van der Waals surface area contributed by atoms with Crippen molar-refractivity contribution in [2.24, 2.45) is 0 Å². The van der Waals surface area contributed by atoms with Crippen molar-refractivity contribution in [1.29, 1.82) is 0 Å². The summed E-state index contributed by atoms with van der Waals surface area (Å²) in [6.45, 7) is 5.50. The first-order valence-corrected chi connectivity index (χ1v) is 11.9. The minimum Gasteiger partial charge on any atom is -0.393 e. The lowest BCUT2D eigenvalue weighted by molar-refractivity contribution is 0.0651. The highest BCUT2D eigenvalue weighted by Gasteiger charge is 2.34. The fraction of sp³-hybridized carbons (Fsp3) is 0.583. The van der Waals surface area contributed by atoms with Gasteiger partial charge in [0.25, 0.3) is 5.56 Å². The molecule has 0 bridgehead atoms. The molecule has 2 aromatic heterocycles. The number of rotatable bonds is 4. The number of aliphatic hydroxyl groups excluding tert-OH is 1. The molecule has 0 radical (unpaired) electrons. The van der Waals surface area contributed by atoms with Crippen LogP contribution < -0.4 is 5.56 Å². The second kappa shape index (κ2) is 8.75. The average Bonchev–Trinajstić information content (AvgIpc) is 3.29. The third kappa shape index (κ3) is 3.86. The van der Waals surface area contributed by atoms with Crippen LogP contribution in [0.3, 0.4) is 0 Å². The summed E-state index contributed by atoms with van der Waals surface area (Å²) in [5.41, 5.74) is 3.71. The predicted molar refractivity (Wildman–Crippen MR) is 123 cm³/mol. The maximum Gasteiger partial charge on any atom is 0.253 e. The Bertz CT molecular complexity index is 1150. The van der Waals surface area contributed by atoms with E-state index in [0.717, 1.165) is 40.7 Å². The predicted octanol–water partition coefficient (Wildman–Crippen LogP) is 3.18. The topological polar surface area (TPSA) is 99.9 Å². The molecule has 0 unspecified atom stereocenters. The monoisotopic (exact) mass is 436 g/mol. The maximum absolute atomic E-state index is 13.4. The normalized spacial score (nSPS) is 20.1. The number of piperidine rings is 1. The molecule has 3 heterocycles. The molecule has 8 heteroatoms. The van der Waals surface area contributed by atoms with Gasteiger partial charge < -0.3 is 10.1 Å². The second-order valence-corrected chi connectivity index (χ2v) is 9.47. The van der Waals surface area contributed by atoms with Gasteiger partial charge in [0.05, 0.1) is 17.7 Å². The molecule has 0 amide bonds. The Balaban J connectivity index is 1.63. The first kappa shape index (κ1) is 21.3. The van der Waals surface area contributed by atoms with Crippen molar-refractivity contribution in [3.63, 3.8) is 0 Å². The van der Waals surface area contributed by atoms with Crippen LogP contribution in [0.2, 0.25) is 0 Å². The summed E-state index contributed by atoms with van der Waals surface area (Å²) in [4.78, 5) is 18.8. The quantitative estimate of drug-likeness (QED) is 0.652. The molecule has 2 aliphatic rings. The number of likely N-dealkylation sites (tertiary alicyclic amines) is 1. The van der Waals surface area contributed by atoms with E-state index in [-0.39, 0.29) is 23.7 Å². The van der Waals surface area contributed by atoms with Crippen LogP contribution in [-0.2, 0) is 0 Å². The zero-order chi connectivity index (χ0) is 22.2. The number of H-pyrrole nitrogens is 1. The lowest BCUT2D eigenvalue weighted by Crippen LogP contribution is -2.42. The largest absolute Gasteiger partial charge is 0.393 e. The molecule has 0 spiro atoms. The van der Waals surface area contributed by atoms with Crippen molar-refractivity contribution >= 4 is 10.9 Å². The molecule has 2 fully saturated rings. The van der Waals surface area contributed by atoms with E-state index in [0.29, 0.717) is 31.5 Å². The van der Waals surface area contributed by atoms with Gasteiger partial charge >= 0.3 is 0 Å². The van der Waals surface area contributed by atoms with Crippen molar-refractivity contribution in [2.75, 3.05) is 13.1 Å². The first-order chi connectivity index (χ1) is 15.5. The molecular formula is C24H32N6O2. The van der Waals surface area contributed by atoms with Crippen LogP contribution in [0.4, 0.5) is 0 Å². The summed E-state index contributed by atoms with van der Waals surface area (Å²) >= 11 is 0. The van der Waals surface area contributed by atoms with Gasteiger partial charge in [-0.3, -0.25) is 9.69 Å². The van der Waals surface area contributed by atoms with Gasteiger partial charge in [0, 0.05) is 18.7 Å². The molecule has 1 aliphatic heterocycles. The third-order valence-corrected chi connectivity index (χ3v) is 7.42. The molecule has 3 aromatic rings. The van der Waals surface area contributed by atoms with Gasteiger partial charge in [-0.2, -0.15) is 0 Å². The number of pyridine rings is 1. The molecule has 5 rings (SSSR count). The van der Waals surface area contributed by atoms with Crippen molar-refractivity contribution in [3.05, 3.63) is 51.1 Å². The van der Waals surface area contributed by atoms with E-state index in [4.69, 9.17) is 0 Å². The van der Waals surface area contributed by atoms with E-state index in [1.165, 1.54) is 19.3 Å². The smallest absolute Gasteiger partial charge is 0.253 e. The number of hydrogen-bond donors (Lipinski definition) is 2. The van der Waals surface area contributed by atoms with Crippen LogP contribution in [0.15, 0.2) is 23.0 Å². The Labute approximate surface area is 187 Å². The number of tetrazole rings is 1. The van der Waals surface area contributed by atoms with E-state index < -0.39 is 0 Å². The standard InChI is InChI=1S/C24H32N6O2/c1-15-8-9-17-14-20(24(32)25-21(17)16(15)2)22(29-12-10-19(31)11-13-29)23-26-27-28-30(23)18-6-4-3-5-7-18/h8-9,14,18-19,22,31H,3-7,10-13H2,1-2H3,(H,25,32)/t22-/m0/s1. The van der Waals surface area contributed by atoms with Crippen LogP contribution in [0, 0.1) is 13.8 Å². The molecule has 32 heavy (non-hydrogen) atoms. The number of benzene rings is 1. The number of aryl methyl sites for hydroxylation is 2. The second-order valence-electron chi connectivity index (χ2n) is 9.47. The van der Waals surface area contributed by atoms with E-state index in [2.05, 4.69) is 44.5 Å². The minimum atomic E-state index is -0.339. The van der Waals surface area contributed by atoms with Gasteiger partial charge in [0.2, 0.25) is 0 Å². The zero-order valence-electron chi connectivity index (χ0n) is 18.9. The van der Waals surface area contributed by atoms with Crippen LogP contribution in [0.5, 0.6) is 0 Å². The van der Waals surface area contributed by atoms with E-state index in [9.17, 15) is 9.90 Å². The summed E-state index contributed by atoms with van der Waals surface area (Å²) in [6, 6.07) is 6.11. The van der Waals surface area contributed by atoms with Crippen molar-refractivity contribution in [2.45, 2.75) is 77.0 Å². The maximum atomic E-state index is 13.4. The zero-order valence-corrected chi connectivity index (χ0v) is 18.9. The van der Waals surface area contributed by atoms with Crippen molar-refractivity contribution in [1.82, 2.24) is 30.1 Å². The van der Waals surface area contributed by atoms with Gasteiger partial charge in [-0.25, -0.2) is 4.68 Å². The Morgan fingerprint density at radius 2 is 1.84 bits per heavy atom. The molecule has 1 aromatic carbocycles. The molecular weight excluding hydrogens is 404 g/mol. The van der Waals surface area contributed by atoms with Crippen LogP contribution in [0.1, 0.15) is 79.5 Å². The molecule has 8 nitrogen and oxygen atoms in total. The molecule has 2 N–H and O–H groups in total. The van der Waals surface area contributed by atoms with Gasteiger partial charge in [0.15, 0.2) is 5.82 Å². The van der Waals surface area contributed by atoms with Gasteiger partial charge in [-0.1, -0.05) is 31.4 Å². The van der Waals surface area contributed by atoms with Crippen molar-refractivity contribution < 1.29 is 5.11 Å². The number of aromatic amines is 1. The molecule has 1 saturated carbocycles. The molecule has 1 aliphatic carbocycles. The number of nitrogens with zero attached hydrogens (tertiary/aromatic N) is 5. The van der Waals surface area contributed by atoms with Crippen molar-refractivity contribution in [3.8, 4) is 0 Å². The third-order valence-electron chi connectivity index (χ3n) is 7.42. The summed E-state index contributed by atoms with van der Waals surface area (Å²) in [5.74, 6) is 0.738. The lowest BCUT2D eigenvalue weighted by Gasteiger charge is -2.36. The SMILES string of the molecule is Cc1ccc2cc([C@@H](c3nnnn3C3CCCCC3)N3CCC(O)CC3)c(=O)[nH]c2c1C. The molecule has 1 saturated heterocycles. The number of aliphatic hydroxyl groups is 1. The summed E-state index contributed by atoms with van der Waals surface area (Å²) in [6.07, 6.45) is 6.83. The van der Waals surface area contributed by atoms with Crippen LogP contribution in [0.25, 0.3) is 10.9 Å². The van der Waals surface area contributed by atoms with E-state index in [1.54, 1.807) is 0 Å². The average molecular weight is 437 g/mol. The van der Waals surface area contributed by atoms with Gasteiger partial charge in [0.1, 0.15) is 6.04 Å². The number of fused-ring (bicyclic) bond motifs is 1. The van der Waals surface area contributed by atoms with Gasteiger partial charge in [-0.15, -0.1) is 5.10 Å². The lowest BCUT2D eigenvalue weighted by atomic mass is 9.94. The van der Waals surface area contributed by atoms with E-state index >= 15 is 0 Å². The fourth-order valence-corrected chi connectivity index (χ4v) is 5.35. The van der Waals surface area contributed by atoms with E-state index in [1.807, 2.05) is 17.7 Å². The highest BCUT2D eigenvalue weighted by molar-refractivity contribution is 5.83. The Kier molecular flexibility index (Phi) is 5.82. The van der Waals surface area contributed by atoms with Crippen LogP contribution in [-0.4, -0.2) is 54.4 Å². The Hall–Kier alpha value is -2.58. The Morgan fingerprint density at radius 1 is 1.09 bits per heavy atom.